The second kappa shape index (κ2) is 7.46. The number of halogens is 3. The van der Waals surface area contributed by atoms with E-state index in [1.807, 2.05) is 0 Å². The SMILES string of the molecule is CCc1cc(C(F)(F)F)n2nc([C@H]3CCCCN3C(=O)c3cccnc3)cc2n1. The molecule has 0 aromatic carbocycles. The minimum Gasteiger partial charge on any atom is -0.330 e. The standard InChI is InChI=1S/C20H20F3N5O/c1-2-14-10-17(20(21,22)23)28-18(25-14)11-15(26-28)16-7-3-4-9-27(16)19(29)13-6-5-8-24-12-13/h5-6,8,10-12,16H,2-4,7,9H2,1H3/t16-/m1/s1. The lowest BCUT2D eigenvalue weighted by molar-refractivity contribution is -0.142. The molecule has 1 aliphatic rings. The quantitative estimate of drug-likeness (QED) is 0.661. The number of hydrogen-bond donors (Lipinski definition) is 0. The van der Waals surface area contributed by atoms with Crippen molar-refractivity contribution in [1.82, 2.24) is 24.5 Å². The fourth-order valence-corrected chi connectivity index (χ4v) is 3.73. The minimum absolute atomic E-state index is 0.144. The van der Waals surface area contributed by atoms with E-state index in [9.17, 15) is 18.0 Å². The van der Waals surface area contributed by atoms with Gasteiger partial charge in [0.1, 0.15) is 5.69 Å². The van der Waals surface area contributed by atoms with Crippen LogP contribution in [0.3, 0.4) is 0 Å². The fourth-order valence-electron chi connectivity index (χ4n) is 3.73. The molecule has 0 radical (unpaired) electrons. The summed E-state index contributed by atoms with van der Waals surface area (Å²) in [5, 5.41) is 4.23. The molecular formula is C20H20F3N5O. The minimum atomic E-state index is -4.55. The number of likely N-dealkylation sites (tertiary alicyclic amines) is 1. The first kappa shape index (κ1) is 19.4. The maximum absolute atomic E-state index is 13.6. The number of aromatic nitrogens is 4. The highest BCUT2D eigenvalue weighted by atomic mass is 19.4. The molecule has 6 nitrogen and oxygen atoms in total. The first-order chi connectivity index (χ1) is 13.9. The van der Waals surface area contributed by atoms with Crippen LogP contribution in [0.5, 0.6) is 0 Å². The van der Waals surface area contributed by atoms with Crippen molar-refractivity contribution in [3.8, 4) is 0 Å². The number of pyridine rings is 1. The summed E-state index contributed by atoms with van der Waals surface area (Å²) >= 11 is 0. The van der Waals surface area contributed by atoms with Gasteiger partial charge in [-0.2, -0.15) is 18.3 Å². The Balaban J connectivity index is 1.77. The number of rotatable bonds is 3. The van der Waals surface area contributed by atoms with Gasteiger partial charge in [0.05, 0.1) is 17.3 Å². The van der Waals surface area contributed by atoms with E-state index in [1.165, 1.54) is 6.20 Å². The van der Waals surface area contributed by atoms with E-state index in [1.54, 1.807) is 36.2 Å². The molecule has 0 saturated carbocycles. The van der Waals surface area contributed by atoms with Crippen LogP contribution in [0.4, 0.5) is 13.2 Å². The molecule has 1 fully saturated rings. The van der Waals surface area contributed by atoms with E-state index < -0.39 is 17.9 Å². The molecule has 3 aromatic rings. The lowest BCUT2D eigenvalue weighted by atomic mass is 9.98. The number of carbonyl (C=O) groups excluding carboxylic acids is 1. The van der Waals surface area contributed by atoms with E-state index in [4.69, 9.17) is 0 Å². The van der Waals surface area contributed by atoms with Crippen LogP contribution in [-0.4, -0.2) is 36.9 Å². The number of carbonyl (C=O) groups is 1. The lowest BCUT2D eigenvalue weighted by Crippen LogP contribution is -2.38. The normalized spacial score (nSPS) is 17.7. The van der Waals surface area contributed by atoms with Crippen LogP contribution in [0, 0.1) is 0 Å². The van der Waals surface area contributed by atoms with Gasteiger partial charge in [-0.15, -0.1) is 0 Å². The lowest BCUT2D eigenvalue weighted by Gasteiger charge is -2.34. The van der Waals surface area contributed by atoms with Gasteiger partial charge < -0.3 is 4.90 Å². The smallest absolute Gasteiger partial charge is 0.330 e. The molecule has 1 saturated heterocycles. The summed E-state index contributed by atoms with van der Waals surface area (Å²) < 4.78 is 41.5. The van der Waals surface area contributed by atoms with Gasteiger partial charge in [0.25, 0.3) is 5.91 Å². The molecule has 0 unspecified atom stereocenters. The Bertz CT molecular complexity index is 1030. The van der Waals surface area contributed by atoms with Crippen molar-refractivity contribution in [1.29, 1.82) is 0 Å². The molecule has 0 spiro atoms. The van der Waals surface area contributed by atoms with Crippen molar-refractivity contribution in [3.05, 3.63) is 59.3 Å². The van der Waals surface area contributed by atoms with Gasteiger partial charge >= 0.3 is 6.18 Å². The predicted molar refractivity (Wildman–Crippen MR) is 99.2 cm³/mol. The third-order valence-corrected chi connectivity index (χ3v) is 5.17. The molecule has 1 aliphatic heterocycles. The molecule has 3 aromatic heterocycles. The zero-order valence-corrected chi connectivity index (χ0v) is 15.9. The Hall–Kier alpha value is -2.97. The highest BCUT2D eigenvalue weighted by Crippen LogP contribution is 2.34. The molecular weight excluding hydrogens is 383 g/mol. The zero-order valence-electron chi connectivity index (χ0n) is 15.9. The van der Waals surface area contributed by atoms with Crippen molar-refractivity contribution >= 4 is 11.6 Å². The van der Waals surface area contributed by atoms with Crippen LogP contribution in [0.2, 0.25) is 0 Å². The molecule has 9 heteroatoms. The van der Waals surface area contributed by atoms with Gasteiger partial charge in [-0.1, -0.05) is 6.92 Å². The number of amides is 1. The van der Waals surface area contributed by atoms with Crippen molar-refractivity contribution < 1.29 is 18.0 Å². The Morgan fingerprint density at radius 3 is 2.79 bits per heavy atom. The monoisotopic (exact) mass is 403 g/mol. The first-order valence-corrected chi connectivity index (χ1v) is 9.56. The van der Waals surface area contributed by atoms with Crippen LogP contribution in [0.15, 0.2) is 36.7 Å². The second-order valence-corrected chi connectivity index (χ2v) is 7.08. The van der Waals surface area contributed by atoms with Crippen LogP contribution in [-0.2, 0) is 12.6 Å². The van der Waals surface area contributed by atoms with Gasteiger partial charge in [0.15, 0.2) is 5.65 Å². The average molecular weight is 403 g/mol. The summed E-state index contributed by atoms with van der Waals surface area (Å²) in [4.78, 5) is 22.9. The van der Waals surface area contributed by atoms with Crippen molar-refractivity contribution in [2.24, 2.45) is 0 Å². The maximum Gasteiger partial charge on any atom is 0.433 e. The third kappa shape index (κ3) is 3.68. The molecule has 1 atom stereocenters. The number of aryl methyl sites for hydroxylation is 1. The van der Waals surface area contributed by atoms with Gasteiger partial charge in [-0.25, -0.2) is 9.50 Å². The number of hydrogen-bond acceptors (Lipinski definition) is 4. The maximum atomic E-state index is 13.6. The van der Waals surface area contributed by atoms with E-state index >= 15 is 0 Å². The second-order valence-electron chi connectivity index (χ2n) is 7.08. The van der Waals surface area contributed by atoms with E-state index in [0.29, 0.717) is 36.3 Å². The molecule has 4 heterocycles. The van der Waals surface area contributed by atoms with E-state index in [-0.39, 0.29) is 11.6 Å². The summed E-state index contributed by atoms with van der Waals surface area (Å²) in [7, 11) is 0. The summed E-state index contributed by atoms with van der Waals surface area (Å²) in [6, 6.07) is 5.56. The largest absolute Gasteiger partial charge is 0.433 e. The summed E-state index contributed by atoms with van der Waals surface area (Å²) in [6.45, 7) is 2.28. The Morgan fingerprint density at radius 1 is 1.28 bits per heavy atom. The van der Waals surface area contributed by atoms with Gasteiger partial charge in [0.2, 0.25) is 0 Å². The number of alkyl halides is 3. The number of piperidine rings is 1. The molecule has 0 N–H and O–H groups in total. The Kier molecular flexibility index (Phi) is 4.97. The summed E-state index contributed by atoms with van der Waals surface area (Å²) in [6.07, 6.45) is 1.26. The molecule has 29 heavy (non-hydrogen) atoms. The van der Waals surface area contributed by atoms with Crippen molar-refractivity contribution in [3.63, 3.8) is 0 Å². The van der Waals surface area contributed by atoms with Gasteiger partial charge in [-0.05, 0) is 43.9 Å². The first-order valence-electron chi connectivity index (χ1n) is 9.56. The number of nitrogens with zero attached hydrogens (tertiary/aromatic N) is 5. The van der Waals surface area contributed by atoms with Gasteiger partial charge in [0, 0.05) is 30.7 Å². The molecule has 0 bridgehead atoms. The third-order valence-electron chi connectivity index (χ3n) is 5.17. The Labute approximate surface area is 165 Å². The fraction of sp³-hybridized carbons (Fsp3) is 0.400. The highest BCUT2D eigenvalue weighted by molar-refractivity contribution is 5.94. The average Bonchev–Trinajstić information content (AvgIpc) is 3.16. The summed E-state index contributed by atoms with van der Waals surface area (Å²) in [5.74, 6) is -0.196. The predicted octanol–water partition coefficient (Wildman–Crippen LogP) is 4.07. The highest BCUT2D eigenvalue weighted by Gasteiger charge is 2.36. The van der Waals surface area contributed by atoms with E-state index in [2.05, 4.69) is 15.1 Å². The zero-order chi connectivity index (χ0) is 20.6. The molecule has 4 rings (SSSR count). The molecule has 0 aliphatic carbocycles. The van der Waals surface area contributed by atoms with Crippen LogP contribution < -0.4 is 0 Å². The topological polar surface area (TPSA) is 63.4 Å². The Morgan fingerprint density at radius 2 is 2.10 bits per heavy atom. The van der Waals surface area contributed by atoms with Crippen LogP contribution in [0.1, 0.15) is 59.7 Å². The van der Waals surface area contributed by atoms with Crippen LogP contribution >= 0.6 is 0 Å². The van der Waals surface area contributed by atoms with Crippen molar-refractivity contribution in [2.45, 2.75) is 44.8 Å². The molecule has 1 amide bonds. The van der Waals surface area contributed by atoms with Gasteiger partial charge in [-0.3, -0.25) is 9.78 Å². The van der Waals surface area contributed by atoms with E-state index in [0.717, 1.165) is 23.4 Å². The van der Waals surface area contributed by atoms with Crippen molar-refractivity contribution in [2.75, 3.05) is 6.54 Å². The summed E-state index contributed by atoms with van der Waals surface area (Å²) in [5.41, 5.74) is 0.513. The van der Waals surface area contributed by atoms with Crippen LogP contribution in [0.25, 0.3) is 5.65 Å². The molecule has 152 valence electrons. The number of fused-ring (bicyclic) bond motifs is 1.